The molecule has 0 aliphatic carbocycles. The Kier molecular flexibility index (Phi) is 16.5. The fourth-order valence-electron chi connectivity index (χ4n) is 4.88. The van der Waals surface area contributed by atoms with Crippen LogP contribution in [0.4, 0.5) is 9.59 Å². The molecule has 14 heteroatoms. The first kappa shape index (κ1) is 41.5. The molecular formula is C35H48Cl2N4O8. The Morgan fingerprint density at radius 2 is 1.10 bits per heavy atom. The van der Waals surface area contributed by atoms with E-state index in [1.807, 2.05) is 60.6 Å². The summed E-state index contributed by atoms with van der Waals surface area (Å²) in [7, 11) is 0. The summed E-state index contributed by atoms with van der Waals surface area (Å²) in [6, 6.07) is 11.3. The van der Waals surface area contributed by atoms with Crippen LogP contribution >= 0.6 is 23.2 Å². The van der Waals surface area contributed by atoms with Gasteiger partial charge in [0.1, 0.15) is 17.0 Å². The molecule has 2 fully saturated rings. The summed E-state index contributed by atoms with van der Waals surface area (Å²) in [5, 5.41) is 1.37. The van der Waals surface area contributed by atoms with Gasteiger partial charge in [0.15, 0.2) is 0 Å². The summed E-state index contributed by atoms with van der Waals surface area (Å²) in [4.78, 5) is 58.7. The van der Waals surface area contributed by atoms with Gasteiger partial charge in [0.25, 0.3) is 6.47 Å². The van der Waals surface area contributed by atoms with Crippen LogP contribution in [0.3, 0.4) is 0 Å². The third-order valence-corrected chi connectivity index (χ3v) is 7.96. The molecule has 2 aliphatic rings. The number of ether oxygens (including phenoxy) is 3. The lowest BCUT2D eigenvalue weighted by molar-refractivity contribution is -0.191. The molecule has 0 saturated carbocycles. The molecule has 2 saturated heterocycles. The topological polar surface area (TPSA) is 126 Å². The van der Waals surface area contributed by atoms with Crippen molar-refractivity contribution in [1.29, 1.82) is 0 Å². The molecule has 2 heterocycles. The van der Waals surface area contributed by atoms with Crippen molar-refractivity contribution >= 4 is 48.0 Å². The van der Waals surface area contributed by atoms with Crippen molar-refractivity contribution in [3.05, 3.63) is 63.1 Å². The van der Waals surface area contributed by atoms with Crippen LogP contribution < -0.4 is 4.74 Å². The predicted octanol–water partition coefficient (Wildman–Crippen LogP) is 6.05. The lowest BCUT2D eigenvalue weighted by Gasteiger charge is -2.35. The number of piperazine rings is 2. The predicted molar refractivity (Wildman–Crippen MR) is 186 cm³/mol. The van der Waals surface area contributed by atoms with Crippen LogP contribution in [-0.2, 0) is 36.9 Å². The number of amides is 2. The number of rotatable bonds is 6. The van der Waals surface area contributed by atoms with Gasteiger partial charge in [-0.05, 0) is 83.4 Å². The van der Waals surface area contributed by atoms with E-state index in [-0.39, 0.29) is 18.3 Å². The summed E-state index contributed by atoms with van der Waals surface area (Å²) in [5.74, 6) is 0.425. The van der Waals surface area contributed by atoms with Crippen LogP contribution in [-0.4, -0.2) is 108 Å². The molecule has 0 radical (unpaired) electrons. The number of benzene rings is 2. The molecule has 0 spiro atoms. The van der Waals surface area contributed by atoms with Crippen molar-refractivity contribution in [1.82, 2.24) is 19.6 Å². The van der Waals surface area contributed by atoms with E-state index in [1.165, 1.54) is 5.56 Å². The van der Waals surface area contributed by atoms with Crippen molar-refractivity contribution in [2.45, 2.75) is 72.8 Å². The first-order chi connectivity index (χ1) is 22.9. The van der Waals surface area contributed by atoms with Gasteiger partial charge >= 0.3 is 18.3 Å². The number of aryl methyl sites for hydroxylation is 1. The summed E-state index contributed by atoms with van der Waals surface area (Å²) >= 11 is 12.5. The second kappa shape index (κ2) is 19.5. The van der Waals surface area contributed by atoms with E-state index in [1.54, 1.807) is 21.9 Å². The van der Waals surface area contributed by atoms with Crippen LogP contribution in [0.15, 0.2) is 36.4 Å². The summed E-state index contributed by atoms with van der Waals surface area (Å²) in [6.45, 7) is 21.0. The van der Waals surface area contributed by atoms with E-state index in [0.717, 1.165) is 48.9 Å². The second-order valence-electron chi connectivity index (χ2n) is 13.6. The molecular weight excluding hydrogens is 675 g/mol. The first-order valence-electron chi connectivity index (χ1n) is 16.0. The lowest BCUT2D eigenvalue weighted by Crippen LogP contribution is -2.49. The molecule has 0 atom stereocenters. The number of hydrogen-bond donors (Lipinski definition) is 0. The van der Waals surface area contributed by atoms with Crippen LogP contribution in [0.2, 0.25) is 10.0 Å². The highest BCUT2D eigenvalue weighted by atomic mass is 35.5. The molecule has 0 N–H and O–H groups in total. The average molecular weight is 724 g/mol. The Balaban J connectivity index is 0.000000316. The van der Waals surface area contributed by atoms with Crippen molar-refractivity contribution in [2.24, 2.45) is 0 Å². The highest BCUT2D eigenvalue weighted by Crippen LogP contribution is 2.24. The van der Waals surface area contributed by atoms with E-state index >= 15 is 0 Å². The van der Waals surface area contributed by atoms with Crippen molar-refractivity contribution < 1.29 is 38.2 Å². The fourth-order valence-corrected chi connectivity index (χ4v) is 5.40. The normalized spacial score (nSPS) is 15.4. The molecule has 4 rings (SSSR count). The van der Waals surface area contributed by atoms with Crippen LogP contribution in [0.1, 0.15) is 58.2 Å². The first-order valence-corrected chi connectivity index (χ1v) is 16.7. The molecule has 0 unspecified atom stereocenters. The highest BCUT2D eigenvalue weighted by Gasteiger charge is 2.27. The van der Waals surface area contributed by atoms with Crippen LogP contribution in [0.25, 0.3) is 0 Å². The smallest absolute Gasteiger partial charge is 0.410 e. The monoisotopic (exact) mass is 722 g/mol. The Morgan fingerprint density at radius 1 is 0.714 bits per heavy atom. The van der Waals surface area contributed by atoms with Gasteiger partial charge in [-0.2, -0.15) is 9.59 Å². The quantitative estimate of drug-likeness (QED) is 0.326. The van der Waals surface area contributed by atoms with E-state index in [2.05, 4.69) is 21.9 Å². The van der Waals surface area contributed by atoms with E-state index in [4.69, 9.17) is 47.0 Å². The maximum Gasteiger partial charge on any atom is 0.410 e. The van der Waals surface area contributed by atoms with Gasteiger partial charge in [-0.1, -0.05) is 41.4 Å². The van der Waals surface area contributed by atoms with Gasteiger partial charge in [0.05, 0.1) is 0 Å². The summed E-state index contributed by atoms with van der Waals surface area (Å²) < 4.78 is 15.6. The molecule has 0 aromatic heterocycles. The molecule has 2 amide bonds. The zero-order valence-electron chi connectivity index (χ0n) is 29.4. The summed E-state index contributed by atoms with van der Waals surface area (Å²) in [6.07, 6.45) is -0.240. The van der Waals surface area contributed by atoms with Gasteiger partial charge in [-0.3, -0.25) is 14.6 Å². The fraction of sp³-hybridized carbons (Fsp3) is 0.543. The van der Waals surface area contributed by atoms with Gasteiger partial charge < -0.3 is 24.0 Å². The largest absolute Gasteiger partial charge is 0.444 e. The number of hydrogen-bond acceptors (Lipinski definition) is 10. The van der Waals surface area contributed by atoms with Gasteiger partial charge in [-0.15, -0.1) is 0 Å². The number of carbonyl (C=O) groups excluding carboxylic acids is 5. The minimum Gasteiger partial charge on any atom is -0.444 e. The molecule has 2 aromatic rings. The Bertz CT molecular complexity index is 1420. The Hall–Kier alpha value is -3.67. The molecule has 0 bridgehead atoms. The van der Waals surface area contributed by atoms with Gasteiger partial charge in [0, 0.05) is 75.5 Å². The molecule has 12 nitrogen and oxygen atoms in total. The highest BCUT2D eigenvalue weighted by molar-refractivity contribution is 6.31. The van der Waals surface area contributed by atoms with Gasteiger partial charge in [-0.25, -0.2) is 9.59 Å². The minimum absolute atomic E-state index is 0.222. The van der Waals surface area contributed by atoms with Crippen LogP contribution in [0, 0.1) is 6.92 Å². The lowest BCUT2D eigenvalue weighted by atomic mass is 10.1. The van der Waals surface area contributed by atoms with E-state index in [9.17, 15) is 14.4 Å². The third kappa shape index (κ3) is 15.6. The zero-order valence-corrected chi connectivity index (χ0v) is 30.9. The number of halogens is 2. The van der Waals surface area contributed by atoms with Gasteiger partial charge in [0.2, 0.25) is 0 Å². The number of carbonyl (C=O) groups is 3. The molecule has 270 valence electrons. The number of nitrogens with zero attached hydrogens (tertiary/aromatic N) is 4. The standard InChI is InChI=1S/C17H23ClN2O4.C17H25ClN2O2.CO2/c1-17(2,3)24-16(22)20-8-6-19(7-9-20)11-13-4-5-14(23-12-21)10-15(13)18;1-13-5-6-14(15(18)11-13)12-19-7-9-20(10-8-19)16(21)22-17(2,3)4;2-1-3/h4-5,10,12H,6-9,11H2,1-3H3;5-6,11H,7-10,12H2,1-4H3;. The van der Waals surface area contributed by atoms with Crippen molar-refractivity contribution in [3.63, 3.8) is 0 Å². The maximum atomic E-state index is 12.1. The van der Waals surface area contributed by atoms with E-state index in [0.29, 0.717) is 50.0 Å². The minimum atomic E-state index is -0.479. The maximum absolute atomic E-state index is 12.1. The van der Waals surface area contributed by atoms with Crippen LogP contribution in [0.5, 0.6) is 5.75 Å². The third-order valence-electron chi connectivity index (χ3n) is 7.25. The van der Waals surface area contributed by atoms with E-state index < -0.39 is 11.2 Å². The second-order valence-corrected chi connectivity index (χ2v) is 14.4. The van der Waals surface area contributed by atoms with Crippen molar-refractivity contribution in [2.75, 3.05) is 52.4 Å². The Morgan fingerprint density at radius 3 is 1.45 bits per heavy atom. The molecule has 2 aromatic carbocycles. The SMILES string of the molecule is CC(C)(C)OC(=O)N1CCN(Cc2ccc(OC=O)cc2Cl)CC1.Cc1ccc(CN2CCN(C(=O)OC(C)(C)C)CC2)c(Cl)c1.O=C=O. The molecule has 2 aliphatic heterocycles. The molecule has 49 heavy (non-hydrogen) atoms. The Labute approximate surface area is 299 Å². The average Bonchev–Trinajstić information content (AvgIpc) is 3.00. The van der Waals surface area contributed by atoms with Crippen molar-refractivity contribution in [3.8, 4) is 5.75 Å². The zero-order chi connectivity index (χ0) is 36.8. The summed E-state index contributed by atoms with van der Waals surface area (Å²) in [5.41, 5.74) is 2.35.